The average Bonchev–Trinajstić information content (AvgIpc) is 2.59. The van der Waals surface area contributed by atoms with Crippen molar-refractivity contribution in [3.8, 4) is 5.75 Å². The Balaban J connectivity index is 2.17. The van der Waals surface area contributed by atoms with Crippen LogP contribution in [0.3, 0.4) is 0 Å². The van der Waals surface area contributed by atoms with Crippen LogP contribution in [0.2, 0.25) is 10.0 Å². The van der Waals surface area contributed by atoms with Gasteiger partial charge in [-0.1, -0.05) is 42.3 Å². The van der Waals surface area contributed by atoms with Crippen molar-refractivity contribution >= 4 is 40.6 Å². The van der Waals surface area contributed by atoms with E-state index >= 15 is 0 Å². The van der Waals surface area contributed by atoms with Crippen LogP contribution in [0.4, 0.5) is 16.2 Å². The molecule has 0 spiro atoms. The summed E-state index contributed by atoms with van der Waals surface area (Å²) in [5.41, 5.74) is 8.77. The molecule has 2 rings (SSSR count). The standard InChI is InChI=1S/C17H19Cl2N3O2/c1-3-11-5-4-10(8-13(11)22-17(23)21-2)9-24-14-7-6-12(20)15(18)16(14)19/h4-8H,3,9,20H2,1-2H3,(H2,21,22,23). The Morgan fingerprint density at radius 3 is 2.62 bits per heavy atom. The summed E-state index contributed by atoms with van der Waals surface area (Å²) in [4.78, 5) is 11.6. The first kappa shape index (κ1) is 18.2. The Labute approximate surface area is 151 Å². The van der Waals surface area contributed by atoms with E-state index in [9.17, 15) is 4.79 Å². The molecule has 0 unspecified atom stereocenters. The van der Waals surface area contributed by atoms with E-state index in [1.807, 2.05) is 25.1 Å². The van der Waals surface area contributed by atoms with Gasteiger partial charge in [0.1, 0.15) is 17.4 Å². The predicted octanol–water partition coefficient (Wildman–Crippen LogP) is 4.47. The molecule has 0 radical (unpaired) electrons. The lowest BCUT2D eigenvalue weighted by Gasteiger charge is -2.14. The van der Waals surface area contributed by atoms with Crippen molar-refractivity contribution in [1.82, 2.24) is 5.32 Å². The monoisotopic (exact) mass is 367 g/mol. The molecule has 0 atom stereocenters. The molecule has 0 aromatic heterocycles. The average molecular weight is 368 g/mol. The van der Waals surface area contributed by atoms with Gasteiger partial charge in [0.2, 0.25) is 0 Å². The van der Waals surface area contributed by atoms with Gasteiger partial charge in [0, 0.05) is 12.7 Å². The predicted molar refractivity (Wildman–Crippen MR) is 99.1 cm³/mol. The molecule has 4 N–H and O–H groups in total. The third-order valence-corrected chi connectivity index (χ3v) is 4.38. The second kappa shape index (κ2) is 8.13. The van der Waals surface area contributed by atoms with Crippen LogP contribution < -0.4 is 21.1 Å². The molecular weight excluding hydrogens is 349 g/mol. The molecule has 0 aliphatic heterocycles. The van der Waals surface area contributed by atoms with E-state index in [1.165, 1.54) is 0 Å². The highest BCUT2D eigenvalue weighted by molar-refractivity contribution is 6.44. The maximum absolute atomic E-state index is 11.6. The number of amides is 2. The van der Waals surface area contributed by atoms with Gasteiger partial charge in [0.25, 0.3) is 0 Å². The lowest BCUT2D eigenvalue weighted by molar-refractivity contribution is 0.254. The van der Waals surface area contributed by atoms with Crippen LogP contribution in [0.1, 0.15) is 18.1 Å². The molecule has 2 aromatic carbocycles. The third kappa shape index (κ3) is 4.24. The molecule has 0 bridgehead atoms. The Hall–Kier alpha value is -2.11. The van der Waals surface area contributed by atoms with E-state index in [0.29, 0.717) is 11.4 Å². The zero-order valence-electron chi connectivity index (χ0n) is 13.5. The Bertz CT molecular complexity index is 751. The number of nitrogen functional groups attached to an aromatic ring is 1. The topological polar surface area (TPSA) is 76.4 Å². The number of ether oxygens (including phenoxy) is 1. The number of nitrogens with one attached hydrogen (secondary N) is 2. The minimum absolute atomic E-state index is 0.267. The largest absolute Gasteiger partial charge is 0.487 e. The quantitative estimate of drug-likeness (QED) is 0.682. The number of carbonyl (C=O) groups is 1. The van der Waals surface area contributed by atoms with E-state index < -0.39 is 0 Å². The van der Waals surface area contributed by atoms with Crippen LogP contribution in [-0.2, 0) is 13.0 Å². The zero-order chi connectivity index (χ0) is 17.7. The van der Waals surface area contributed by atoms with Crippen molar-refractivity contribution in [1.29, 1.82) is 0 Å². The number of hydrogen-bond donors (Lipinski definition) is 3. The van der Waals surface area contributed by atoms with Gasteiger partial charge in [-0.15, -0.1) is 0 Å². The summed E-state index contributed by atoms with van der Waals surface area (Å²) in [5, 5.41) is 5.90. The minimum Gasteiger partial charge on any atom is -0.487 e. The molecule has 128 valence electrons. The summed E-state index contributed by atoms with van der Waals surface area (Å²) in [6.45, 7) is 2.31. The first-order valence-corrected chi connectivity index (χ1v) is 8.18. The van der Waals surface area contributed by atoms with Gasteiger partial charge in [0.05, 0.1) is 10.7 Å². The molecule has 0 fully saturated rings. The smallest absolute Gasteiger partial charge is 0.318 e. The zero-order valence-corrected chi connectivity index (χ0v) is 15.0. The van der Waals surface area contributed by atoms with Crippen LogP contribution in [0.25, 0.3) is 0 Å². The molecule has 0 aliphatic carbocycles. The van der Waals surface area contributed by atoms with Crippen LogP contribution in [0.5, 0.6) is 5.75 Å². The number of carbonyl (C=O) groups excluding carboxylic acids is 1. The normalized spacial score (nSPS) is 10.3. The van der Waals surface area contributed by atoms with Gasteiger partial charge < -0.3 is 21.1 Å². The number of rotatable bonds is 5. The van der Waals surface area contributed by atoms with Gasteiger partial charge in [-0.3, -0.25) is 0 Å². The highest BCUT2D eigenvalue weighted by atomic mass is 35.5. The number of urea groups is 1. The van der Waals surface area contributed by atoms with Gasteiger partial charge in [0.15, 0.2) is 0 Å². The second-order valence-corrected chi connectivity index (χ2v) is 5.87. The number of benzene rings is 2. The summed E-state index contributed by atoms with van der Waals surface area (Å²) in [7, 11) is 1.57. The Morgan fingerprint density at radius 2 is 1.96 bits per heavy atom. The Kier molecular flexibility index (Phi) is 6.17. The molecule has 0 saturated carbocycles. The fourth-order valence-electron chi connectivity index (χ4n) is 2.14. The third-order valence-electron chi connectivity index (χ3n) is 3.50. The van der Waals surface area contributed by atoms with Gasteiger partial charge in [-0.05, 0) is 35.7 Å². The number of hydrogen-bond acceptors (Lipinski definition) is 3. The van der Waals surface area contributed by atoms with Gasteiger partial charge >= 0.3 is 6.03 Å². The van der Waals surface area contributed by atoms with Gasteiger partial charge in [-0.2, -0.15) is 0 Å². The molecule has 0 heterocycles. The molecule has 7 heteroatoms. The van der Waals surface area contributed by atoms with Crippen molar-refractivity contribution in [2.24, 2.45) is 0 Å². The number of nitrogens with two attached hydrogens (primary N) is 1. The van der Waals surface area contributed by atoms with Crippen molar-refractivity contribution < 1.29 is 9.53 Å². The number of anilines is 2. The maximum atomic E-state index is 11.6. The van der Waals surface area contributed by atoms with Crippen LogP contribution in [0.15, 0.2) is 30.3 Å². The molecule has 0 saturated heterocycles. The highest BCUT2D eigenvalue weighted by Crippen LogP contribution is 2.36. The van der Waals surface area contributed by atoms with E-state index in [-0.39, 0.29) is 22.7 Å². The van der Waals surface area contributed by atoms with E-state index in [0.717, 1.165) is 23.2 Å². The maximum Gasteiger partial charge on any atom is 0.318 e. The van der Waals surface area contributed by atoms with Crippen molar-refractivity contribution in [2.45, 2.75) is 20.0 Å². The van der Waals surface area contributed by atoms with Crippen molar-refractivity contribution in [2.75, 3.05) is 18.1 Å². The van der Waals surface area contributed by atoms with Crippen molar-refractivity contribution in [3.05, 3.63) is 51.5 Å². The Morgan fingerprint density at radius 1 is 1.21 bits per heavy atom. The van der Waals surface area contributed by atoms with Gasteiger partial charge in [-0.25, -0.2) is 4.79 Å². The van der Waals surface area contributed by atoms with Crippen LogP contribution >= 0.6 is 23.2 Å². The van der Waals surface area contributed by atoms with E-state index in [4.69, 9.17) is 33.7 Å². The molecule has 0 aliphatic rings. The fraction of sp³-hybridized carbons (Fsp3) is 0.235. The summed E-state index contributed by atoms with van der Waals surface area (Å²) < 4.78 is 5.72. The summed E-state index contributed by atoms with van der Waals surface area (Å²) in [5.74, 6) is 0.455. The van der Waals surface area contributed by atoms with Crippen molar-refractivity contribution in [3.63, 3.8) is 0 Å². The molecule has 2 amide bonds. The summed E-state index contributed by atoms with van der Waals surface area (Å²) in [6.07, 6.45) is 0.805. The summed E-state index contributed by atoms with van der Waals surface area (Å²) in [6, 6.07) is 8.83. The molecule has 24 heavy (non-hydrogen) atoms. The summed E-state index contributed by atoms with van der Waals surface area (Å²) >= 11 is 12.1. The molecular formula is C17H19Cl2N3O2. The second-order valence-electron chi connectivity index (χ2n) is 5.12. The number of halogens is 2. The SMILES string of the molecule is CCc1ccc(COc2ccc(N)c(Cl)c2Cl)cc1NC(=O)NC. The van der Waals surface area contributed by atoms with Crippen LogP contribution in [-0.4, -0.2) is 13.1 Å². The van der Waals surface area contributed by atoms with E-state index in [2.05, 4.69) is 10.6 Å². The lowest BCUT2D eigenvalue weighted by Crippen LogP contribution is -2.25. The lowest BCUT2D eigenvalue weighted by atomic mass is 10.1. The highest BCUT2D eigenvalue weighted by Gasteiger charge is 2.10. The first-order valence-electron chi connectivity index (χ1n) is 7.43. The van der Waals surface area contributed by atoms with E-state index in [1.54, 1.807) is 19.2 Å². The molecule has 2 aromatic rings. The first-order chi connectivity index (χ1) is 11.5. The van der Waals surface area contributed by atoms with Crippen LogP contribution in [0, 0.1) is 0 Å². The molecule has 5 nitrogen and oxygen atoms in total. The number of aryl methyl sites for hydroxylation is 1. The minimum atomic E-state index is -0.267. The fourth-order valence-corrected chi connectivity index (χ4v) is 2.52.